The smallest absolute Gasteiger partial charge is 0.343 e. The number of nitro benzene ring substituents is 1. The van der Waals surface area contributed by atoms with Crippen molar-refractivity contribution in [3.05, 3.63) is 68.7 Å². The van der Waals surface area contributed by atoms with Gasteiger partial charge in [0.15, 0.2) is 0 Å². The van der Waals surface area contributed by atoms with Crippen LogP contribution >= 0.6 is 11.6 Å². The number of nitro groups is 1. The molecule has 2 amide bonds. The van der Waals surface area contributed by atoms with E-state index in [9.17, 15) is 32.9 Å². The molecule has 0 bridgehead atoms. The minimum absolute atomic E-state index is 0.0652. The molecular weight excluding hydrogens is 391 g/mol. The third-order valence-corrected chi connectivity index (χ3v) is 3.63. The Kier molecular flexibility index (Phi) is 6.01. The Balaban J connectivity index is 1.93. The number of carbonyl (C=O) groups excluding carboxylic acids is 2. The van der Waals surface area contributed by atoms with Crippen LogP contribution in [-0.2, 0) is 11.0 Å². The summed E-state index contributed by atoms with van der Waals surface area (Å²) in [6.45, 7) is -0.479. The van der Waals surface area contributed by atoms with E-state index in [1.807, 2.05) is 0 Å². The van der Waals surface area contributed by atoms with Gasteiger partial charge in [0.2, 0.25) is 5.91 Å². The van der Waals surface area contributed by atoms with Gasteiger partial charge in [0.1, 0.15) is 0 Å². The molecule has 0 saturated carbocycles. The fourth-order valence-corrected chi connectivity index (χ4v) is 2.27. The van der Waals surface area contributed by atoms with E-state index in [4.69, 9.17) is 11.6 Å². The van der Waals surface area contributed by atoms with Gasteiger partial charge in [0.05, 0.1) is 27.6 Å². The molecule has 2 rings (SSSR count). The van der Waals surface area contributed by atoms with Crippen LogP contribution in [0.25, 0.3) is 0 Å². The Bertz CT molecular complexity index is 885. The summed E-state index contributed by atoms with van der Waals surface area (Å²) in [5.74, 6) is -1.42. The number of rotatable bonds is 5. The fraction of sp³-hybridized carbons (Fsp3) is 0.125. The van der Waals surface area contributed by atoms with Crippen molar-refractivity contribution in [3.8, 4) is 0 Å². The van der Waals surface area contributed by atoms with E-state index in [0.717, 1.165) is 42.5 Å². The summed E-state index contributed by atoms with van der Waals surface area (Å²) in [5.41, 5.74) is -1.10. The van der Waals surface area contributed by atoms with Gasteiger partial charge in [-0.3, -0.25) is 19.7 Å². The maximum absolute atomic E-state index is 12.5. The van der Waals surface area contributed by atoms with Gasteiger partial charge in [0.25, 0.3) is 11.6 Å². The van der Waals surface area contributed by atoms with E-state index in [1.165, 1.54) is 0 Å². The number of benzene rings is 2. The summed E-state index contributed by atoms with van der Waals surface area (Å²) in [7, 11) is 0. The third kappa shape index (κ3) is 5.42. The zero-order valence-corrected chi connectivity index (χ0v) is 14.1. The van der Waals surface area contributed by atoms with Gasteiger partial charge in [-0.05, 0) is 30.3 Å². The normalized spacial score (nSPS) is 11.0. The molecule has 0 aliphatic rings. The first-order valence-corrected chi connectivity index (χ1v) is 7.65. The maximum Gasteiger partial charge on any atom is 0.416 e. The number of amides is 2. The number of hydrogen-bond acceptors (Lipinski definition) is 4. The molecule has 2 aromatic rings. The number of nitrogens with one attached hydrogen (secondary N) is 2. The van der Waals surface area contributed by atoms with E-state index in [2.05, 4.69) is 10.6 Å². The molecule has 0 unspecified atom stereocenters. The van der Waals surface area contributed by atoms with Gasteiger partial charge in [-0.25, -0.2) is 0 Å². The van der Waals surface area contributed by atoms with Crippen LogP contribution in [0.4, 0.5) is 24.5 Å². The highest BCUT2D eigenvalue weighted by Crippen LogP contribution is 2.29. The maximum atomic E-state index is 12.5. The number of hydrogen-bond donors (Lipinski definition) is 2. The molecule has 2 N–H and O–H groups in total. The molecular formula is C16H11ClF3N3O4. The number of carbonyl (C=O) groups is 2. The Hall–Kier alpha value is -3.14. The van der Waals surface area contributed by atoms with Crippen molar-refractivity contribution in [1.82, 2.24) is 5.32 Å². The summed E-state index contributed by atoms with van der Waals surface area (Å²) in [6, 6.07) is 7.01. The zero-order chi connectivity index (χ0) is 20.2. The van der Waals surface area contributed by atoms with Crippen molar-refractivity contribution < 1.29 is 27.7 Å². The molecule has 27 heavy (non-hydrogen) atoms. The minimum Gasteiger partial charge on any atom is -0.343 e. The van der Waals surface area contributed by atoms with Crippen molar-refractivity contribution >= 4 is 34.8 Å². The number of non-ortho nitro benzene ring substituents is 1. The fourth-order valence-electron chi connectivity index (χ4n) is 2.01. The molecule has 0 aromatic heterocycles. The Morgan fingerprint density at radius 2 is 1.74 bits per heavy atom. The van der Waals surface area contributed by atoms with E-state index in [-0.39, 0.29) is 22.0 Å². The summed E-state index contributed by atoms with van der Waals surface area (Å²) in [4.78, 5) is 33.7. The molecule has 0 radical (unpaired) electrons. The lowest BCUT2D eigenvalue weighted by atomic mass is 10.2. The minimum atomic E-state index is -4.49. The van der Waals surface area contributed by atoms with Crippen LogP contribution in [0.2, 0.25) is 5.02 Å². The van der Waals surface area contributed by atoms with Crippen LogP contribution in [0.15, 0.2) is 42.5 Å². The van der Waals surface area contributed by atoms with E-state index >= 15 is 0 Å². The van der Waals surface area contributed by atoms with E-state index in [0.29, 0.717) is 0 Å². The highest BCUT2D eigenvalue weighted by molar-refractivity contribution is 6.34. The molecule has 0 heterocycles. The molecule has 142 valence electrons. The van der Waals surface area contributed by atoms with Crippen LogP contribution in [0, 0.1) is 10.1 Å². The number of anilines is 1. The second kappa shape index (κ2) is 8.04. The zero-order valence-electron chi connectivity index (χ0n) is 13.3. The molecule has 0 spiro atoms. The van der Waals surface area contributed by atoms with Crippen molar-refractivity contribution in [1.29, 1.82) is 0 Å². The molecule has 0 saturated heterocycles. The van der Waals surface area contributed by atoms with Crippen molar-refractivity contribution in [2.75, 3.05) is 11.9 Å². The third-order valence-electron chi connectivity index (χ3n) is 3.31. The molecule has 2 aromatic carbocycles. The summed E-state index contributed by atoms with van der Waals surface area (Å²) in [5, 5.41) is 15.0. The van der Waals surface area contributed by atoms with Crippen LogP contribution in [0.1, 0.15) is 15.9 Å². The number of alkyl halides is 3. The Labute approximate surface area is 155 Å². The predicted molar refractivity (Wildman–Crippen MR) is 90.5 cm³/mol. The summed E-state index contributed by atoms with van der Waals surface area (Å²) < 4.78 is 37.4. The highest BCUT2D eigenvalue weighted by Gasteiger charge is 2.30. The predicted octanol–water partition coefficient (Wildman–Crippen LogP) is 3.64. The lowest BCUT2D eigenvalue weighted by Crippen LogP contribution is -2.33. The van der Waals surface area contributed by atoms with Crippen molar-refractivity contribution in [2.45, 2.75) is 6.18 Å². The first-order chi connectivity index (χ1) is 12.6. The van der Waals surface area contributed by atoms with Crippen molar-refractivity contribution in [3.63, 3.8) is 0 Å². The molecule has 0 fully saturated rings. The van der Waals surface area contributed by atoms with Gasteiger partial charge >= 0.3 is 6.18 Å². The van der Waals surface area contributed by atoms with Gasteiger partial charge in [-0.2, -0.15) is 13.2 Å². The molecule has 11 heteroatoms. The van der Waals surface area contributed by atoms with Gasteiger partial charge in [0, 0.05) is 17.8 Å². The topological polar surface area (TPSA) is 101 Å². The lowest BCUT2D eigenvalue weighted by molar-refractivity contribution is -0.384. The highest BCUT2D eigenvalue weighted by atomic mass is 35.5. The SMILES string of the molecule is O=C(CNC(=O)c1ccc([N+](=O)[O-])cc1Cl)Nc1ccc(C(F)(F)F)cc1. The Morgan fingerprint density at radius 1 is 1.11 bits per heavy atom. The largest absolute Gasteiger partial charge is 0.416 e. The van der Waals surface area contributed by atoms with Gasteiger partial charge < -0.3 is 10.6 Å². The van der Waals surface area contributed by atoms with Crippen LogP contribution in [0.3, 0.4) is 0 Å². The molecule has 0 aliphatic carbocycles. The number of nitrogens with zero attached hydrogens (tertiary/aromatic N) is 1. The lowest BCUT2D eigenvalue weighted by Gasteiger charge is -2.10. The van der Waals surface area contributed by atoms with E-state index < -0.39 is 35.0 Å². The molecule has 0 aliphatic heterocycles. The summed E-state index contributed by atoms with van der Waals surface area (Å²) in [6.07, 6.45) is -4.49. The quantitative estimate of drug-likeness (QED) is 0.590. The summed E-state index contributed by atoms with van der Waals surface area (Å²) >= 11 is 5.81. The number of halogens is 4. The monoisotopic (exact) mass is 401 g/mol. The van der Waals surface area contributed by atoms with E-state index in [1.54, 1.807) is 0 Å². The first-order valence-electron chi connectivity index (χ1n) is 7.27. The second-order valence-electron chi connectivity index (χ2n) is 5.23. The van der Waals surface area contributed by atoms with Crippen LogP contribution in [-0.4, -0.2) is 23.3 Å². The molecule has 0 atom stereocenters. The average Bonchev–Trinajstić information content (AvgIpc) is 2.59. The second-order valence-corrected chi connectivity index (χ2v) is 5.63. The standard InChI is InChI=1S/C16H11ClF3N3O4/c17-13-7-11(23(26)27)5-6-12(13)15(25)21-8-14(24)22-10-3-1-9(2-4-10)16(18,19)20/h1-7H,8H2,(H,21,25)(H,22,24). The van der Waals surface area contributed by atoms with Crippen LogP contribution in [0.5, 0.6) is 0 Å². The first kappa shape index (κ1) is 20.2. The van der Waals surface area contributed by atoms with Gasteiger partial charge in [-0.15, -0.1) is 0 Å². The van der Waals surface area contributed by atoms with Gasteiger partial charge in [-0.1, -0.05) is 11.6 Å². The van der Waals surface area contributed by atoms with Crippen molar-refractivity contribution in [2.24, 2.45) is 0 Å². The van der Waals surface area contributed by atoms with Crippen LogP contribution < -0.4 is 10.6 Å². The average molecular weight is 402 g/mol. The molecule has 7 nitrogen and oxygen atoms in total. The Morgan fingerprint density at radius 3 is 2.26 bits per heavy atom.